The molecule has 0 fully saturated rings. The molecular formula is C31H55N2O4+. The van der Waals surface area contributed by atoms with Crippen molar-refractivity contribution in [3.05, 3.63) is 41.0 Å². The van der Waals surface area contributed by atoms with Crippen LogP contribution in [0.5, 0.6) is 0 Å². The van der Waals surface area contributed by atoms with E-state index in [1.165, 1.54) is 74.5 Å². The SMILES string of the molecule is COC(CCCCCCCCCCCCNCC1=Cc2ccccc2C1OCC[N+](C)(C)C)(OC)OC. The third-order valence-electron chi connectivity index (χ3n) is 7.35. The van der Waals surface area contributed by atoms with Crippen LogP contribution < -0.4 is 5.32 Å². The maximum Gasteiger partial charge on any atom is 0.282 e. The zero-order valence-electron chi connectivity index (χ0n) is 24.7. The number of fused-ring (bicyclic) bond motifs is 1. The van der Waals surface area contributed by atoms with E-state index in [0.717, 1.165) is 43.6 Å². The van der Waals surface area contributed by atoms with Crippen LogP contribution in [0, 0.1) is 0 Å². The van der Waals surface area contributed by atoms with Crippen LogP contribution in [0.25, 0.3) is 6.08 Å². The van der Waals surface area contributed by atoms with Gasteiger partial charge in [0.1, 0.15) is 12.6 Å². The molecule has 6 heteroatoms. The Kier molecular flexibility index (Phi) is 15.0. The summed E-state index contributed by atoms with van der Waals surface area (Å²) in [6.45, 7) is 3.77. The van der Waals surface area contributed by atoms with Gasteiger partial charge in [0.25, 0.3) is 5.97 Å². The van der Waals surface area contributed by atoms with E-state index in [0.29, 0.717) is 0 Å². The molecule has 1 N–H and O–H groups in total. The van der Waals surface area contributed by atoms with Crippen LogP contribution in [0.2, 0.25) is 0 Å². The van der Waals surface area contributed by atoms with Crippen LogP contribution in [0.1, 0.15) is 87.9 Å². The zero-order chi connectivity index (χ0) is 27.0. The second kappa shape index (κ2) is 17.3. The van der Waals surface area contributed by atoms with Gasteiger partial charge in [-0.25, -0.2) is 0 Å². The van der Waals surface area contributed by atoms with E-state index in [1.807, 2.05) is 0 Å². The van der Waals surface area contributed by atoms with Gasteiger partial charge < -0.3 is 28.7 Å². The van der Waals surface area contributed by atoms with E-state index in [1.54, 1.807) is 21.3 Å². The van der Waals surface area contributed by atoms with Gasteiger partial charge in [0.15, 0.2) is 0 Å². The smallest absolute Gasteiger partial charge is 0.282 e. The summed E-state index contributed by atoms with van der Waals surface area (Å²) in [5.41, 5.74) is 3.98. The molecule has 0 saturated carbocycles. The van der Waals surface area contributed by atoms with Crippen LogP contribution >= 0.6 is 0 Å². The van der Waals surface area contributed by atoms with Crippen molar-refractivity contribution < 1.29 is 23.4 Å². The number of benzene rings is 1. The number of methoxy groups -OCH3 is 3. The lowest BCUT2D eigenvalue weighted by Crippen LogP contribution is -2.38. The van der Waals surface area contributed by atoms with E-state index >= 15 is 0 Å². The average Bonchev–Trinajstić information content (AvgIpc) is 3.23. The number of quaternary nitrogens is 1. The Morgan fingerprint density at radius 2 is 1.35 bits per heavy atom. The van der Waals surface area contributed by atoms with Gasteiger partial charge in [-0.3, -0.25) is 0 Å². The number of ether oxygens (including phenoxy) is 4. The summed E-state index contributed by atoms with van der Waals surface area (Å²) in [7, 11) is 11.5. The maximum absolute atomic E-state index is 6.37. The summed E-state index contributed by atoms with van der Waals surface area (Å²) in [6.07, 6.45) is 16.0. The molecule has 0 amide bonds. The number of hydrogen-bond acceptors (Lipinski definition) is 5. The summed E-state index contributed by atoms with van der Waals surface area (Å²) in [4.78, 5) is 0. The van der Waals surface area contributed by atoms with E-state index < -0.39 is 5.97 Å². The first-order valence-electron chi connectivity index (χ1n) is 14.4. The molecule has 1 aromatic carbocycles. The molecule has 1 unspecified atom stereocenters. The molecule has 0 radical (unpaired) electrons. The van der Waals surface area contributed by atoms with Gasteiger partial charge in [-0.05, 0) is 36.1 Å². The minimum Gasteiger partial charge on any atom is -0.363 e. The molecule has 1 aromatic rings. The molecule has 0 bridgehead atoms. The van der Waals surface area contributed by atoms with Crippen molar-refractivity contribution in [1.82, 2.24) is 5.32 Å². The highest BCUT2D eigenvalue weighted by atomic mass is 16.9. The Hall–Kier alpha value is -1.28. The van der Waals surface area contributed by atoms with Crippen molar-refractivity contribution in [1.29, 1.82) is 0 Å². The Bertz CT molecular complexity index is 762. The minimum atomic E-state index is -0.866. The van der Waals surface area contributed by atoms with E-state index in [-0.39, 0.29) is 6.10 Å². The highest BCUT2D eigenvalue weighted by Gasteiger charge is 2.28. The molecule has 0 aliphatic heterocycles. The molecule has 37 heavy (non-hydrogen) atoms. The molecule has 0 heterocycles. The minimum absolute atomic E-state index is 0.0951. The molecule has 1 aliphatic rings. The van der Waals surface area contributed by atoms with Crippen LogP contribution in [0.3, 0.4) is 0 Å². The molecule has 0 spiro atoms. The van der Waals surface area contributed by atoms with Gasteiger partial charge in [0, 0.05) is 34.3 Å². The van der Waals surface area contributed by atoms with Gasteiger partial charge in [-0.15, -0.1) is 0 Å². The fourth-order valence-corrected chi connectivity index (χ4v) is 4.94. The molecule has 1 atom stereocenters. The Morgan fingerprint density at radius 1 is 0.784 bits per heavy atom. The Balaban J connectivity index is 1.49. The molecule has 212 valence electrons. The van der Waals surface area contributed by atoms with Gasteiger partial charge >= 0.3 is 0 Å². The lowest BCUT2D eigenvalue weighted by atomic mass is 10.1. The van der Waals surface area contributed by atoms with Gasteiger partial charge in [0.2, 0.25) is 0 Å². The average molecular weight is 520 g/mol. The molecule has 1 aliphatic carbocycles. The lowest BCUT2D eigenvalue weighted by Gasteiger charge is -2.28. The van der Waals surface area contributed by atoms with E-state index in [4.69, 9.17) is 18.9 Å². The second-order valence-corrected chi connectivity index (χ2v) is 11.4. The van der Waals surface area contributed by atoms with Crippen LogP contribution in [-0.2, 0) is 18.9 Å². The fraction of sp³-hybridized carbons (Fsp3) is 0.742. The first-order chi connectivity index (χ1) is 17.8. The Morgan fingerprint density at radius 3 is 1.95 bits per heavy atom. The van der Waals surface area contributed by atoms with Crippen LogP contribution in [0.4, 0.5) is 0 Å². The van der Waals surface area contributed by atoms with Gasteiger partial charge in [0.05, 0.1) is 27.7 Å². The van der Waals surface area contributed by atoms with Gasteiger partial charge in [-0.2, -0.15) is 0 Å². The topological polar surface area (TPSA) is 49.0 Å². The summed E-state index contributed by atoms with van der Waals surface area (Å²) in [5, 5.41) is 3.67. The summed E-state index contributed by atoms with van der Waals surface area (Å²) >= 11 is 0. The van der Waals surface area contributed by atoms with Crippen molar-refractivity contribution in [3.63, 3.8) is 0 Å². The number of hydrogen-bond donors (Lipinski definition) is 1. The van der Waals surface area contributed by atoms with Crippen molar-refractivity contribution in [2.45, 2.75) is 82.7 Å². The molecule has 0 saturated heterocycles. The number of nitrogens with zero attached hydrogens (tertiary/aromatic N) is 1. The predicted octanol–water partition coefficient (Wildman–Crippen LogP) is 6.32. The largest absolute Gasteiger partial charge is 0.363 e. The molecule has 6 nitrogen and oxygen atoms in total. The predicted molar refractivity (Wildman–Crippen MR) is 153 cm³/mol. The summed E-state index contributed by atoms with van der Waals surface area (Å²) < 4.78 is 23.4. The highest BCUT2D eigenvalue weighted by molar-refractivity contribution is 5.65. The standard InChI is InChI=1S/C31H55N2O4/c1-33(2,3)23-24-37-30-28(25-27-19-15-16-20-29(27)30)26-32-22-18-14-12-10-8-7-9-11-13-17-21-31(34-4,35-5)36-6/h15-16,19-20,25,30,32H,7-14,17-18,21-24,26H2,1-6H3/q+1. The van der Waals surface area contributed by atoms with E-state index in [9.17, 15) is 0 Å². The monoisotopic (exact) mass is 519 g/mol. The van der Waals surface area contributed by atoms with Crippen molar-refractivity contribution >= 4 is 6.08 Å². The first-order valence-corrected chi connectivity index (χ1v) is 14.4. The van der Waals surface area contributed by atoms with Crippen LogP contribution in [0.15, 0.2) is 29.8 Å². The van der Waals surface area contributed by atoms with Crippen LogP contribution in [-0.4, -0.2) is 79.2 Å². The first kappa shape index (κ1) is 31.9. The Labute approximate surface area is 227 Å². The lowest BCUT2D eigenvalue weighted by molar-refractivity contribution is -0.870. The molecule has 0 aromatic heterocycles. The van der Waals surface area contributed by atoms with Crippen molar-refractivity contribution in [2.24, 2.45) is 0 Å². The van der Waals surface area contributed by atoms with Gasteiger partial charge in [-0.1, -0.05) is 81.7 Å². The molecule has 2 rings (SSSR count). The quantitative estimate of drug-likeness (QED) is 0.110. The van der Waals surface area contributed by atoms with E-state index in [2.05, 4.69) is 56.8 Å². The third-order valence-corrected chi connectivity index (χ3v) is 7.35. The number of rotatable bonds is 22. The zero-order valence-corrected chi connectivity index (χ0v) is 24.7. The number of unbranched alkanes of at least 4 members (excludes halogenated alkanes) is 9. The summed E-state index contributed by atoms with van der Waals surface area (Å²) in [6, 6.07) is 8.65. The fourth-order valence-electron chi connectivity index (χ4n) is 4.94. The highest BCUT2D eigenvalue weighted by Crippen LogP contribution is 2.36. The second-order valence-electron chi connectivity index (χ2n) is 11.4. The molecular weight excluding hydrogens is 464 g/mol. The maximum atomic E-state index is 6.37. The normalized spacial score (nSPS) is 15.7. The van der Waals surface area contributed by atoms with Crippen molar-refractivity contribution in [3.8, 4) is 0 Å². The van der Waals surface area contributed by atoms with Crippen molar-refractivity contribution in [2.75, 3.05) is 68.7 Å². The summed E-state index contributed by atoms with van der Waals surface area (Å²) in [5.74, 6) is -0.866. The third kappa shape index (κ3) is 12.0. The number of nitrogens with one attached hydrogen (secondary N) is 1. The number of likely N-dealkylation sites (N-methyl/N-ethyl adjacent to an activating group) is 1.